The highest BCUT2D eigenvalue weighted by Crippen LogP contribution is 2.22. The van der Waals surface area contributed by atoms with Gasteiger partial charge in [-0.25, -0.2) is 8.42 Å². The van der Waals surface area contributed by atoms with Crippen molar-refractivity contribution in [3.63, 3.8) is 0 Å². The van der Waals surface area contributed by atoms with Crippen molar-refractivity contribution in [2.75, 3.05) is 11.5 Å². The van der Waals surface area contributed by atoms with Gasteiger partial charge in [-0.2, -0.15) is 11.8 Å². The molecule has 0 atom stereocenters. The van der Waals surface area contributed by atoms with Crippen LogP contribution in [0.3, 0.4) is 0 Å². The standard InChI is InChI=1S/C9H10ClNO3S2/c10-7-2-1-3-8(6-7)14-9-11-16(12,13)5-4-15-9/h1-3,6H,4-5,15H2. The topological polar surface area (TPSA) is 55.7 Å². The third kappa shape index (κ3) is 3.13. The molecule has 1 aliphatic heterocycles. The molecule has 1 aromatic carbocycles. The molecule has 88 valence electrons. The maximum atomic E-state index is 11.2. The molecule has 4 nitrogen and oxygen atoms in total. The van der Waals surface area contributed by atoms with Crippen LogP contribution in [0.25, 0.3) is 0 Å². The normalized spacial score (nSPS) is 21.4. The number of ether oxygens (including phenoxy) is 1. The van der Waals surface area contributed by atoms with Crippen LogP contribution in [0.1, 0.15) is 0 Å². The third-order valence-electron chi connectivity index (χ3n) is 1.87. The first-order chi connectivity index (χ1) is 7.55. The van der Waals surface area contributed by atoms with Crippen LogP contribution >= 0.6 is 23.4 Å². The van der Waals surface area contributed by atoms with E-state index in [2.05, 4.69) is 4.40 Å². The number of nitrogens with zero attached hydrogens (tertiary/aromatic N) is 1. The van der Waals surface area contributed by atoms with Gasteiger partial charge in [0.05, 0.1) is 5.75 Å². The Bertz CT molecular complexity index is 527. The van der Waals surface area contributed by atoms with Gasteiger partial charge >= 0.3 is 0 Å². The van der Waals surface area contributed by atoms with Crippen LogP contribution in [0.15, 0.2) is 28.7 Å². The Balaban J connectivity index is 2.19. The fourth-order valence-electron chi connectivity index (χ4n) is 1.19. The zero-order valence-electron chi connectivity index (χ0n) is 8.18. The van der Waals surface area contributed by atoms with Crippen LogP contribution in [0, 0.1) is 0 Å². The molecule has 0 radical (unpaired) electrons. The van der Waals surface area contributed by atoms with E-state index in [1.807, 2.05) is 0 Å². The maximum absolute atomic E-state index is 11.2. The average Bonchev–Trinajstić information content (AvgIpc) is 2.15. The second-order valence-electron chi connectivity index (χ2n) is 3.17. The number of hydrogen-bond acceptors (Lipinski definition) is 3. The summed E-state index contributed by atoms with van der Waals surface area (Å²) in [7, 11) is -3.33. The lowest BCUT2D eigenvalue weighted by molar-refractivity contribution is 0.562. The van der Waals surface area contributed by atoms with E-state index in [1.165, 1.54) is 0 Å². The van der Waals surface area contributed by atoms with E-state index >= 15 is 0 Å². The molecule has 0 saturated carbocycles. The van der Waals surface area contributed by atoms with Crippen LogP contribution in [0.5, 0.6) is 5.75 Å². The molecule has 2 rings (SSSR count). The number of hydrogen-bond donors (Lipinski definition) is 0. The first-order valence-corrected chi connectivity index (χ1v) is 7.74. The average molecular weight is 280 g/mol. The minimum atomic E-state index is -3.33. The molecule has 1 aromatic rings. The number of benzene rings is 1. The summed E-state index contributed by atoms with van der Waals surface area (Å²) in [6.45, 7) is 0. The fraction of sp³-hybridized carbons (Fsp3) is 0.222. The Morgan fingerprint density at radius 3 is 2.94 bits per heavy atom. The van der Waals surface area contributed by atoms with Crippen molar-refractivity contribution in [1.82, 2.24) is 0 Å². The highest BCUT2D eigenvalue weighted by molar-refractivity contribution is 8.15. The molecular weight excluding hydrogens is 270 g/mol. The number of halogens is 1. The summed E-state index contributed by atoms with van der Waals surface area (Å²) in [6, 6.07) is 6.78. The van der Waals surface area contributed by atoms with Crippen molar-refractivity contribution < 1.29 is 13.2 Å². The Morgan fingerprint density at radius 2 is 2.25 bits per heavy atom. The van der Waals surface area contributed by atoms with Crippen LogP contribution in [-0.4, -0.2) is 25.2 Å². The van der Waals surface area contributed by atoms with E-state index in [9.17, 15) is 8.42 Å². The van der Waals surface area contributed by atoms with E-state index in [1.54, 1.807) is 24.3 Å². The minimum absolute atomic E-state index is 0.105. The highest BCUT2D eigenvalue weighted by atomic mass is 35.5. The first kappa shape index (κ1) is 11.8. The molecule has 0 spiro atoms. The van der Waals surface area contributed by atoms with Crippen molar-refractivity contribution in [2.45, 2.75) is 0 Å². The van der Waals surface area contributed by atoms with Crippen LogP contribution in [0.2, 0.25) is 5.02 Å². The minimum Gasteiger partial charge on any atom is -0.435 e. The molecule has 0 aliphatic carbocycles. The Hall–Kier alpha value is -0.720. The van der Waals surface area contributed by atoms with Crippen LogP contribution in [-0.2, 0) is 10.0 Å². The molecular formula is C9H10ClNO3S2. The summed E-state index contributed by atoms with van der Waals surface area (Å²) in [6.07, 6.45) is 0. The predicted octanol–water partition coefficient (Wildman–Crippen LogP) is 1.62. The lowest BCUT2D eigenvalue weighted by Gasteiger charge is -2.14. The Labute approximate surface area is 103 Å². The van der Waals surface area contributed by atoms with Gasteiger partial charge in [0.1, 0.15) is 5.75 Å². The molecule has 0 N–H and O–H groups in total. The third-order valence-corrected chi connectivity index (χ3v) is 4.81. The van der Waals surface area contributed by atoms with Gasteiger partial charge in [-0.05, 0) is 24.0 Å². The second-order valence-corrected chi connectivity index (χ2v) is 6.64. The molecule has 7 heteroatoms. The van der Waals surface area contributed by atoms with Crippen LogP contribution in [0.4, 0.5) is 0 Å². The molecule has 0 aromatic heterocycles. The molecule has 0 amide bonds. The predicted molar refractivity (Wildman–Crippen MR) is 68.5 cm³/mol. The summed E-state index contributed by atoms with van der Waals surface area (Å²) in [5.41, 5.74) is 0. The molecule has 1 heterocycles. The van der Waals surface area contributed by atoms with Crippen molar-refractivity contribution in [3.05, 3.63) is 29.3 Å². The SMILES string of the molecule is O=S1(=O)CC[SH2]C(Oc2cccc(Cl)c2)=N1. The zero-order valence-corrected chi connectivity index (χ0v) is 10.8. The summed E-state index contributed by atoms with van der Waals surface area (Å²) in [4.78, 5) is 0. The fourth-order valence-corrected chi connectivity index (χ4v) is 4.27. The van der Waals surface area contributed by atoms with E-state index in [-0.39, 0.29) is 22.7 Å². The van der Waals surface area contributed by atoms with Gasteiger partial charge in [0.15, 0.2) is 0 Å². The van der Waals surface area contributed by atoms with Gasteiger partial charge in [0.2, 0.25) is 5.23 Å². The summed E-state index contributed by atoms with van der Waals surface area (Å²) in [5, 5.41) is 0.800. The summed E-state index contributed by atoms with van der Waals surface area (Å²) in [5.74, 6) is 1.19. The van der Waals surface area contributed by atoms with E-state index < -0.39 is 10.0 Å². The summed E-state index contributed by atoms with van der Waals surface area (Å²) >= 11 is 6.07. The largest absolute Gasteiger partial charge is 0.435 e. The van der Waals surface area contributed by atoms with E-state index in [4.69, 9.17) is 16.3 Å². The van der Waals surface area contributed by atoms with Gasteiger partial charge in [-0.1, -0.05) is 17.7 Å². The van der Waals surface area contributed by atoms with Gasteiger partial charge in [0.25, 0.3) is 10.0 Å². The van der Waals surface area contributed by atoms with Gasteiger partial charge in [-0.3, -0.25) is 0 Å². The Morgan fingerprint density at radius 1 is 1.44 bits per heavy atom. The second kappa shape index (κ2) is 4.65. The summed E-state index contributed by atoms with van der Waals surface area (Å²) < 4.78 is 31.4. The van der Waals surface area contributed by atoms with Crippen molar-refractivity contribution >= 4 is 38.6 Å². The monoisotopic (exact) mass is 279 g/mol. The molecule has 1 aliphatic rings. The van der Waals surface area contributed by atoms with E-state index in [0.717, 1.165) is 0 Å². The number of sulfonamides is 1. The molecule has 0 fully saturated rings. The Kier molecular flexibility index (Phi) is 3.41. The molecule has 0 saturated heterocycles. The lowest BCUT2D eigenvalue weighted by atomic mass is 10.3. The highest BCUT2D eigenvalue weighted by Gasteiger charge is 2.17. The zero-order chi connectivity index (χ0) is 11.6. The number of rotatable bonds is 1. The van der Waals surface area contributed by atoms with Crippen molar-refractivity contribution in [3.8, 4) is 5.75 Å². The van der Waals surface area contributed by atoms with Crippen molar-refractivity contribution in [2.24, 2.45) is 4.40 Å². The van der Waals surface area contributed by atoms with E-state index in [0.29, 0.717) is 16.5 Å². The van der Waals surface area contributed by atoms with Crippen LogP contribution < -0.4 is 4.74 Å². The molecule has 0 bridgehead atoms. The first-order valence-electron chi connectivity index (χ1n) is 4.55. The van der Waals surface area contributed by atoms with Gasteiger partial charge < -0.3 is 4.74 Å². The smallest absolute Gasteiger partial charge is 0.257 e. The molecule has 16 heavy (non-hydrogen) atoms. The lowest BCUT2D eigenvalue weighted by Crippen LogP contribution is -2.18. The van der Waals surface area contributed by atoms with Crippen molar-refractivity contribution in [1.29, 1.82) is 0 Å². The quantitative estimate of drug-likeness (QED) is 0.785. The van der Waals surface area contributed by atoms with Gasteiger partial charge in [0, 0.05) is 5.02 Å². The molecule has 0 unspecified atom stereocenters. The van der Waals surface area contributed by atoms with Gasteiger partial charge in [-0.15, -0.1) is 4.40 Å². The maximum Gasteiger partial charge on any atom is 0.257 e.